The number of anilines is 1. The van der Waals surface area contributed by atoms with E-state index in [0.717, 1.165) is 18.0 Å². The highest BCUT2D eigenvalue weighted by atomic mass is 16.2. The molecule has 1 aromatic rings. The molecule has 3 rings (SSSR count). The van der Waals surface area contributed by atoms with Crippen molar-refractivity contribution in [1.29, 1.82) is 0 Å². The first-order chi connectivity index (χ1) is 7.74. The summed E-state index contributed by atoms with van der Waals surface area (Å²) in [6.45, 7) is 0.952. The van der Waals surface area contributed by atoms with Gasteiger partial charge in [0.05, 0.1) is 0 Å². The molecule has 1 amide bonds. The zero-order chi connectivity index (χ0) is 11.1. The van der Waals surface area contributed by atoms with Gasteiger partial charge in [-0.2, -0.15) is 0 Å². The van der Waals surface area contributed by atoms with Crippen molar-refractivity contribution in [1.82, 2.24) is 4.90 Å². The Morgan fingerprint density at radius 3 is 2.56 bits per heavy atom. The lowest BCUT2D eigenvalue weighted by atomic mass is 10.1. The van der Waals surface area contributed by atoms with E-state index >= 15 is 0 Å². The van der Waals surface area contributed by atoms with Crippen molar-refractivity contribution in [3.05, 3.63) is 29.8 Å². The van der Waals surface area contributed by atoms with Gasteiger partial charge in [0.1, 0.15) is 0 Å². The Hall–Kier alpha value is -1.51. The molecule has 2 bridgehead atoms. The molecule has 2 atom stereocenters. The third-order valence-corrected chi connectivity index (χ3v) is 3.83. The molecule has 2 fully saturated rings. The number of nitrogens with zero attached hydrogens (tertiary/aromatic N) is 1. The second-order valence-corrected chi connectivity index (χ2v) is 4.91. The fourth-order valence-corrected chi connectivity index (χ4v) is 2.96. The molecule has 2 aliphatic rings. The Labute approximate surface area is 95.2 Å². The largest absolute Gasteiger partial charge is 0.399 e. The molecule has 16 heavy (non-hydrogen) atoms. The molecule has 0 radical (unpaired) electrons. The van der Waals surface area contributed by atoms with E-state index in [9.17, 15) is 4.79 Å². The highest BCUT2D eigenvalue weighted by molar-refractivity contribution is 5.95. The van der Waals surface area contributed by atoms with E-state index in [0.29, 0.717) is 11.7 Å². The zero-order valence-corrected chi connectivity index (χ0v) is 9.23. The number of carbonyl (C=O) groups is 1. The summed E-state index contributed by atoms with van der Waals surface area (Å²) in [5.74, 6) is 0.926. The molecular formula is C13H16N2O. The lowest BCUT2D eigenvalue weighted by molar-refractivity contribution is 0.0703. The van der Waals surface area contributed by atoms with E-state index < -0.39 is 0 Å². The normalized spacial score (nSPS) is 27.4. The molecule has 2 N–H and O–H groups in total. The van der Waals surface area contributed by atoms with Crippen LogP contribution in [0.1, 0.15) is 29.6 Å². The van der Waals surface area contributed by atoms with Crippen molar-refractivity contribution in [3.8, 4) is 0 Å². The van der Waals surface area contributed by atoms with Gasteiger partial charge in [-0.25, -0.2) is 0 Å². The van der Waals surface area contributed by atoms with Gasteiger partial charge < -0.3 is 10.6 Å². The second-order valence-electron chi connectivity index (χ2n) is 4.91. The Morgan fingerprint density at radius 1 is 1.25 bits per heavy atom. The van der Waals surface area contributed by atoms with Crippen molar-refractivity contribution in [3.63, 3.8) is 0 Å². The molecule has 1 saturated heterocycles. The predicted molar refractivity (Wildman–Crippen MR) is 63.0 cm³/mol. The van der Waals surface area contributed by atoms with Crippen LogP contribution in [0.2, 0.25) is 0 Å². The summed E-state index contributed by atoms with van der Waals surface area (Å²) in [5, 5.41) is 0. The minimum atomic E-state index is 0.173. The zero-order valence-electron chi connectivity index (χ0n) is 9.23. The van der Waals surface area contributed by atoms with E-state index in [1.165, 1.54) is 19.3 Å². The molecule has 1 saturated carbocycles. The summed E-state index contributed by atoms with van der Waals surface area (Å²) < 4.78 is 0. The number of hydrogen-bond acceptors (Lipinski definition) is 2. The lowest BCUT2D eigenvalue weighted by Crippen LogP contribution is -2.37. The maximum Gasteiger partial charge on any atom is 0.254 e. The first-order valence-electron chi connectivity index (χ1n) is 5.90. The molecule has 1 aliphatic heterocycles. The number of likely N-dealkylation sites (tertiary alicyclic amines) is 1. The summed E-state index contributed by atoms with van der Waals surface area (Å²) in [6, 6.07) is 7.73. The third kappa shape index (κ3) is 1.47. The van der Waals surface area contributed by atoms with E-state index in [4.69, 9.17) is 5.73 Å². The number of hydrogen-bond donors (Lipinski definition) is 1. The smallest absolute Gasteiger partial charge is 0.254 e. The molecule has 2 unspecified atom stereocenters. The average Bonchev–Trinajstić information content (AvgIpc) is 2.91. The number of nitrogens with two attached hydrogens (primary N) is 1. The fraction of sp³-hybridized carbons (Fsp3) is 0.462. The molecule has 1 aliphatic carbocycles. The van der Waals surface area contributed by atoms with E-state index in [2.05, 4.69) is 0 Å². The monoisotopic (exact) mass is 216 g/mol. The molecule has 1 heterocycles. The van der Waals surface area contributed by atoms with Crippen molar-refractivity contribution >= 4 is 11.6 Å². The Balaban J connectivity index is 1.80. The van der Waals surface area contributed by atoms with Gasteiger partial charge in [0.15, 0.2) is 0 Å². The van der Waals surface area contributed by atoms with Crippen molar-refractivity contribution in [2.75, 3.05) is 12.3 Å². The minimum absolute atomic E-state index is 0.173. The van der Waals surface area contributed by atoms with Crippen LogP contribution < -0.4 is 5.73 Å². The van der Waals surface area contributed by atoms with Crippen molar-refractivity contribution in [2.45, 2.75) is 25.3 Å². The summed E-state index contributed by atoms with van der Waals surface area (Å²) in [7, 11) is 0. The summed E-state index contributed by atoms with van der Waals surface area (Å²) in [6.07, 6.45) is 3.70. The highest BCUT2D eigenvalue weighted by Gasteiger charge is 2.40. The van der Waals surface area contributed by atoms with Gasteiger partial charge in [0, 0.05) is 23.8 Å². The second kappa shape index (κ2) is 3.51. The Kier molecular flexibility index (Phi) is 2.13. The molecule has 3 heteroatoms. The first-order valence-corrected chi connectivity index (χ1v) is 5.90. The van der Waals surface area contributed by atoms with Crippen LogP contribution in [-0.4, -0.2) is 23.4 Å². The summed E-state index contributed by atoms with van der Waals surface area (Å²) >= 11 is 0. The van der Waals surface area contributed by atoms with Gasteiger partial charge in [-0.05, 0) is 49.4 Å². The Bertz CT molecular complexity index is 412. The fourth-order valence-electron chi connectivity index (χ4n) is 2.96. The van der Waals surface area contributed by atoms with E-state index in [-0.39, 0.29) is 5.91 Å². The van der Waals surface area contributed by atoms with Crippen LogP contribution in [0.3, 0.4) is 0 Å². The van der Waals surface area contributed by atoms with Crippen molar-refractivity contribution in [2.24, 2.45) is 5.92 Å². The maximum absolute atomic E-state index is 12.2. The number of fused-ring (bicyclic) bond motifs is 2. The van der Waals surface area contributed by atoms with Gasteiger partial charge in [-0.3, -0.25) is 4.79 Å². The molecule has 3 nitrogen and oxygen atoms in total. The molecule has 0 spiro atoms. The standard InChI is InChI=1S/C13H16N2O/c14-11-4-2-10(3-5-11)13(16)15-8-9-1-6-12(15)7-9/h2-5,9,12H,1,6-8,14H2. The van der Waals surface area contributed by atoms with Crippen LogP contribution in [-0.2, 0) is 0 Å². The van der Waals surface area contributed by atoms with Crippen LogP contribution in [0.4, 0.5) is 5.69 Å². The van der Waals surface area contributed by atoms with Gasteiger partial charge >= 0.3 is 0 Å². The lowest BCUT2D eigenvalue weighted by Gasteiger charge is -2.27. The number of rotatable bonds is 1. The minimum Gasteiger partial charge on any atom is -0.399 e. The highest BCUT2D eigenvalue weighted by Crippen LogP contribution is 2.38. The predicted octanol–water partition coefficient (Wildman–Crippen LogP) is 1.89. The van der Waals surface area contributed by atoms with E-state index in [1.807, 2.05) is 17.0 Å². The molecule has 0 aromatic heterocycles. The van der Waals surface area contributed by atoms with Gasteiger partial charge in [0.2, 0.25) is 0 Å². The van der Waals surface area contributed by atoms with Gasteiger partial charge in [0.25, 0.3) is 5.91 Å². The SMILES string of the molecule is Nc1ccc(C(=O)N2CC3CCC2C3)cc1. The van der Waals surface area contributed by atoms with Crippen LogP contribution in [0.15, 0.2) is 24.3 Å². The van der Waals surface area contributed by atoms with Gasteiger partial charge in [-0.15, -0.1) is 0 Å². The number of benzene rings is 1. The Morgan fingerprint density at radius 2 is 2.00 bits per heavy atom. The summed E-state index contributed by atoms with van der Waals surface area (Å²) in [5.41, 5.74) is 7.09. The number of carbonyl (C=O) groups excluding carboxylic acids is 1. The quantitative estimate of drug-likeness (QED) is 0.729. The van der Waals surface area contributed by atoms with Crippen LogP contribution in [0.25, 0.3) is 0 Å². The van der Waals surface area contributed by atoms with Crippen LogP contribution in [0, 0.1) is 5.92 Å². The maximum atomic E-state index is 12.2. The van der Waals surface area contributed by atoms with Crippen LogP contribution in [0.5, 0.6) is 0 Å². The summed E-state index contributed by atoms with van der Waals surface area (Å²) in [4.78, 5) is 14.3. The molecule has 1 aromatic carbocycles. The van der Waals surface area contributed by atoms with E-state index in [1.54, 1.807) is 12.1 Å². The third-order valence-electron chi connectivity index (χ3n) is 3.83. The number of nitrogen functional groups attached to an aromatic ring is 1. The van der Waals surface area contributed by atoms with Crippen LogP contribution >= 0.6 is 0 Å². The first kappa shape index (κ1) is 9.70. The number of piperidine rings is 1. The molecule has 84 valence electrons. The van der Waals surface area contributed by atoms with Crippen molar-refractivity contribution < 1.29 is 4.79 Å². The number of amides is 1. The average molecular weight is 216 g/mol. The van der Waals surface area contributed by atoms with Gasteiger partial charge in [-0.1, -0.05) is 0 Å². The molecular weight excluding hydrogens is 200 g/mol. The topological polar surface area (TPSA) is 46.3 Å².